The zero-order chi connectivity index (χ0) is 34.1. The van der Waals surface area contributed by atoms with Crippen molar-refractivity contribution in [1.29, 1.82) is 0 Å². The van der Waals surface area contributed by atoms with Crippen LogP contribution in [-0.4, -0.2) is 109 Å². The number of aliphatic hydroxyl groups excluding tert-OH is 3. The van der Waals surface area contributed by atoms with Gasteiger partial charge in [0, 0.05) is 132 Å². The smallest absolute Gasteiger partial charge is 0.338 e. The molecule has 1 aliphatic heterocycles. The van der Waals surface area contributed by atoms with Gasteiger partial charge >= 0.3 is 11.9 Å². The molecule has 5 rings (SSSR count). The fraction of sp³-hybridized carbons (Fsp3) is 0.656. The molecular formula is C32H42Ac2N2O12. The Bertz CT molecular complexity index is 1480. The third-order valence-electron chi connectivity index (χ3n) is 10.8. The predicted octanol–water partition coefficient (Wildman–Crippen LogP) is -0.599. The number of hydrogen-bond acceptors (Lipinski definition) is 13. The van der Waals surface area contributed by atoms with Gasteiger partial charge in [-0.2, -0.15) is 0 Å². The van der Waals surface area contributed by atoms with E-state index in [-0.39, 0.29) is 118 Å². The number of Topliss-reactive ketones (excluding diaryl/α,β-unsaturated/α-hetero) is 1. The second kappa shape index (κ2) is 14.9. The zero-order valence-electron chi connectivity index (χ0n) is 27.7. The molecule has 2 saturated carbocycles. The van der Waals surface area contributed by atoms with Gasteiger partial charge in [0.15, 0.2) is 11.9 Å². The molecule has 2 bridgehead atoms. The van der Waals surface area contributed by atoms with Crippen LogP contribution in [0.5, 0.6) is 0 Å². The van der Waals surface area contributed by atoms with E-state index in [0.717, 1.165) is 6.92 Å². The Labute approximate surface area is 349 Å². The Morgan fingerprint density at radius 3 is 2.25 bits per heavy atom. The van der Waals surface area contributed by atoms with Gasteiger partial charge in [0.05, 0.1) is 29.9 Å². The van der Waals surface area contributed by atoms with Gasteiger partial charge in [-0.05, 0) is 37.1 Å². The maximum atomic E-state index is 14.3. The number of hydrogen-bond donors (Lipinski definition) is 6. The Morgan fingerprint density at radius 1 is 1.08 bits per heavy atom. The van der Waals surface area contributed by atoms with Crippen LogP contribution in [0.2, 0.25) is 0 Å². The molecule has 1 aromatic heterocycles. The van der Waals surface area contributed by atoms with Crippen LogP contribution in [0, 0.1) is 105 Å². The quantitative estimate of drug-likeness (QED) is 0.155. The van der Waals surface area contributed by atoms with Gasteiger partial charge < -0.3 is 45.1 Å². The summed E-state index contributed by atoms with van der Waals surface area (Å²) in [5.74, 6) is -4.94. The van der Waals surface area contributed by atoms with E-state index in [1.807, 2.05) is 0 Å². The summed E-state index contributed by atoms with van der Waals surface area (Å²) < 4.78 is 17.1. The van der Waals surface area contributed by atoms with E-state index in [1.54, 1.807) is 26.0 Å². The van der Waals surface area contributed by atoms with Crippen molar-refractivity contribution in [3.63, 3.8) is 0 Å². The molecule has 4 aliphatic rings. The van der Waals surface area contributed by atoms with E-state index in [1.165, 1.54) is 33.0 Å². The number of ether oxygens (including phenoxy) is 3. The molecule has 48 heavy (non-hydrogen) atoms. The van der Waals surface area contributed by atoms with Gasteiger partial charge in [-0.25, -0.2) is 4.79 Å². The fourth-order valence-corrected chi connectivity index (χ4v) is 8.24. The van der Waals surface area contributed by atoms with Crippen molar-refractivity contribution in [2.75, 3.05) is 6.61 Å². The first kappa shape index (κ1) is 42.0. The Hall–Kier alpha value is -0.387. The first-order valence-electron chi connectivity index (χ1n) is 15.2. The summed E-state index contributed by atoms with van der Waals surface area (Å²) >= 11 is 0. The second-order valence-corrected chi connectivity index (χ2v) is 13.8. The topological polar surface area (TPSA) is 222 Å². The Balaban J connectivity index is 0.00000312. The molecule has 3 fully saturated rings. The number of rotatable bonds is 6. The van der Waals surface area contributed by atoms with Gasteiger partial charge in [-0.3, -0.25) is 19.4 Å². The van der Waals surface area contributed by atoms with Crippen molar-refractivity contribution in [3.05, 3.63) is 41.2 Å². The monoisotopic (exact) mass is 1100 g/mol. The van der Waals surface area contributed by atoms with Crippen LogP contribution in [0.3, 0.4) is 0 Å². The summed E-state index contributed by atoms with van der Waals surface area (Å²) in [4.78, 5) is 56.6. The number of ketones is 1. The molecule has 14 nitrogen and oxygen atoms in total. The summed E-state index contributed by atoms with van der Waals surface area (Å²) in [6.45, 7) is 7.97. The van der Waals surface area contributed by atoms with Crippen molar-refractivity contribution in [3.8, 4) is 0 Å². The van der Waals surface area contributed by atoms with Crippen LogP contribution >= 0.6 is 0 Å². The zero-order valence-corrected chi connectivity index (χ0v) is 37.2. The largest absolute Gasteiger partial charge is 0.459 e. The van der Waals surface area contributed by atoms with Crippen molar-refractivity contribution in [2.24, 2.45) is 16.7 Å². The molecule has 1 unspecified atom stereocenters. The van der Waals surface area contributed by atoms with E-state index >= 15 is 0 Å². The Morgan fingerprint density at radius 2 is 1.73 bits per heavy atom. The predicted molar refractivity (Wildman–Crippen MR) is 156 cm³/mol. The average molecular weight is 1100 g/mol. The van der Waals surface area contributed by atoms with Crippen LogP contribution in [0.1, 0.15) is 66.1 Å². The summed E-state index contributed by atoms with van der Waals surface area (Å²) in [5.41, 5.74) is -7.14. The first-order chi connectivity index (χ1) is 21.3. The summed E-state index contributed by atoms with van der Waals surface area (Å²) in [6.07, 6.45) is -8.52. The first-order valence-corrected chi connectivity index (χ1v) is 15.2. The molecule has 0 aromatic carbocycles. The molecular weight excluding hydrogens is 1060 g/mol. The minimum Gasteiger partial charge on any atom is -0.459 e. The SMILES string of the molecule is CC(=O)N[C@@H](c1ccccn1)[C@@H](O)C(=O)OC1C[C@@]2(O)[C@@H](OC(C)=O)[C@@H]3[C@]4(O)CO[C@@H]4C[C@H](O)[C@@]3(C)C(=O)[C@H](O)C(=C1C)C2(C)C.[Ac].[Ac]. The molecule has 16 heteroatoms. The van der Waals surface area contributed by atoms with Crippen LogP contribution < -0.4 is 5.32 Å². The third kappa shape index (κ3) is 6.56. The van der Waals surface area contributed by atoms with E-state index in [4.69, 9.17) is 14.2 Å². The molecule has 0 spiro atoms. The minimum atomic E-state index is -2.22. The van der Waals surface area contributed by atoms with E-state index < -0.39 is 101 Å². The molecule has 258 valence electrons. The van der Waals surface area contributed by atoms with E-state index in [2.05, 4.69) is 10.3 Å². The van der Waals surface area contributed by atoms with Gasteiger partial charge in [-0.1, -0.05) is 19.9 Å². The van der Waals surface area contributed by atoms with Crippen LogP contribution in [0.15, 0.2) is 35.5 Å². The maximum Gasteiger partial charge on any atom is 0.338 e. The maximum absolute atomic E-state index is 14.3. The fourth-order valence-electron chi connectivity index (χ4n) is 8.24. The Kier molecular flexibility index (Phi) is 13.1. The normalized spacial score (nSPS) is 37.7. The standard InChI is InChI=1S/C32H42N2O12.2Ac/c1-14-18(46-28(41)24(39)22(34-15(2)35)17-9-7-8-10-33-17)12-32(43)27(45-16(3)36)25-30(6,19(37)11-20-31(25,42)13-44-20)26(40)23(38)21(14)29(32,4)5;;/h7-10,18-20,22-25,27,37-39,42-43H,11-13H2,1-6H3,(H,34,35);;/t18?,19-,20+,22-,23+,24+,25-,27-,30+,31-,32+;;/m0../s1. The number of carbonyl (C=O) groups excluding carboxylic acids is 4. The third-order valence-corrected chi connectivity index (χ3v) is 10.8. The number of carbonyl (C=O) groups is 4. The number of aliphatic hydroxyl groups is 5. The molecule has 6 N–H and O–H groups in total. The molecule has 1 saturated heterocycles. The van der Waals surface area contributed by atoms with Gasteiger partial charge in [0.2, 0.25) is 5.91 Å². The number of pyridine rings is 1. The second-order valence-electron chi connectivity index (χ2n) is 13.8. The van der Waals surface area contributed by atoms with Crippen LogP contribution in [0.25, 0.3) is 0 Å². The van der Waals surface area contributed by atoms with Crippen LogP contribution in [0.4, 0.5) is 0 Å². The van der Waals surface area contributed by atoms with Gasteiger partial charge in [0.25, 0.3) is 0 Å². The number of esters is 2. The summed E-state index contributed by atoms with van der Waals surface area (Å²) in [5, 5.41) is 61.4. The van der Waals surface area contributed by atoms with Gasteiger partial charge in [-0.15, -0.1) is 0 Å². The molecule has 2 heterocycles. The van der Waals surface area contributed by atoms with Crippen molar-refractivity contribution >= 4 is 23.6 Å². The summed E-state index contributed by atoms with van der Waals surface area (Å²) in [6, 6.07) is 3.41. The number of fused-ring (bicyclic) bond motifs is 5. The van der Waals surface area contributed by atoms with Crippen molar-refractivity contribution in [1.82, 2.24) is 10.3 Å². The van der Waals surface area contributed by atoms with Gasteiger partial charge in [0.1, 0.15) is 35.6 Å². The molecule has 11 atom stereocenters. The van der Waals surface area contributed by atoms with E-state index in [9.17, 15) is 44.7 Å². The molecule has 3 aliphatic carbocycles. The number of amides is 1. The number of aromatic nitrogens is 1. The van der Waals surface area contributed by atoms with Crippen molar-refractivity contribution in [2.45, 2.75) is 108 Å². The molecule has 2 radical (unpaired) electrons. The van der Waals surface area contributed by atoms with Crippen molar-refractivity contribution < 1.29 is 147 Å². The van der Waals surface area contributed by atoms with E-state index in [0.29, 0.717) is 0 Å². The number of nitrogens with one attached hydrogen (secondary N) is 1. The molecule has 1 amide bonds. The average Bonchev–Trinajstić information content (AvgIpc) is 2.98. The molecule has 1 aromatic rings. The van der Waals surface area contributed by atoms with Crippen LogP contribution in [-0.2, 0) is 33.4 Å². The minimum absolute atomic E-state index is 0. The number of nitrogens with zero attached hydrogens (tertiary/aromatic N) is 1. The summed E-state index contributed by atoms with van der Waals surface area (Å²) in [7, 11) is 0.